The number of anilines is 1. The topological polar surface area (TPSA) is 47.0 Å². The normalized spacial score (nSPS) is 21.0. The van der Waals surface area contributed by atoms with Crippen LogP contribution in [0.2, 0.25) is 5.15 Å². The molecule has 1 aromatic carbocycles. The third-order valence-corrected chi connectivity index (χ3v) is 4.85. The molecule has 1 saturated carbocycles. The summed E-state index contributed by atoms with van der Waals surface area (Å²) in [7, 11) is 1.59. The van der Waals surface area contributed by atoms with Crippen molar-refractivity contribution < 1.29 is 4.74 Å². The van der Waals surface area contributed by atoms with E-state index in [4.69, 9.17) is 16.3 Å². The maximum Gasteiger partial charge on any atom is 0.198 e. The van der Waals surface area contributed by atoms with Crippen molar-refractivity contribution in [2.45, 2.75) is 31.6 Å². The highest BCUT2D eigenvalue weighted by atomic mass is 35.5. The van der Waals surface area contributed by atoms with E-state index in [2.05, 4.69) is 45.6 Å². The van der Waals surface area contributed by atoms with E-state index in [1.807, 2.05) is 0 Å². The zero-order chi connectivity index (χ0) is 16.1. The third-order valence-electron chi connectivity index (χ3n) is 4.58. The van der Waals surface area contributed by atoms with Gasteiger partial charge in [-0.3, -0.25) is 0 Å². The molecule has 2 aromatic rings. The van der Waals surface area contributed by atoms with Gasteiger partial charge in [0.15, 0.2) is 16.7 Å². The van der Waals surface area contributed by atoms with Crippen LogP contribution in [0.4, 0.5) is 5.82 Å². The first-order valence-corrected chi connectivity index (χ1v) is 8.49. The number of hydrogen-bond acceptors (Lipinski definition) is 4. The highest BCUT2D eigenvalue weighted by molar-refractivity contribution is 6.31. The maximum absolute atomic E-state index is 6.04. The van der Waals surface area contributed by atoms with Crippen LogP contribution in [0.5, 0.6) is 5.75 Å². The molecule has 0 spiro atoms. The first-order chi connectivity index (χ1) is 11.3. The molecule has 5 heteroatoms. The average molecular weight is 332 g/mol. The molecule has 23 heavy (non-hydrogen) atoms. The van der Waals surface area contributed by atoms with Crippen molar-refractivity contribution in [2.24, 2.45) is 5.92 Å². The van der Waals surface area contributed by atoms with Crippen LogP contribution in [0.3, 0.4) is 0 Å². The fraction of sp³-hybridized carbons (Fsp3) is 0.444. The zero-order valence-electron chi connectivity index (χ0n) is 13.3. The Kier molecular flexibility index (Phi) is 5.34. The lowest BCUT2D eigenvalue weighted by Crippen LogP contribution is -2.22. The maximum atomic E-state index is 6.04. The molecular weight excluding hydrogens is 310 g/mol. The van der Waals surface area contributed by atoms with Crippen molar-refractivity contribution in [1.29, 1.82) is 0 Å². The van der Waals surface area contributed by atoms with Crippen LogP contribution >= 0.6 is 11.6 Å². The summed E-state index contributed by atoms with van der Waals surface area (Å²) >= 11 is 6.04. The van der Waals surface area contributed by atoms with Crippen LogP contribution in [0.1, 0.15) is 37.2 Å². The van der Waals surface area contributed by atoms with Gasteiger partial charge in [0.2, 0.25) is 0 Å². The van der Waals surface area contributed by atoms with E-state index in [1.54, 1.807) is 7.11 Å². The highest BCUT2D eigenvalue weighted by Gasteiger charge is 2.23. The molecule has 4 nitrogen and oxygen atoms in total. The Morgan fingerprint density at radius 3 is 2.83 bits per heavy atom. The summed E-state index contributed by atoms with van der Waals surface area (Å²) in [5.74, 6) is 2.49. The van der Waals surface area contributed by atoms with E-state index in [0.717, 1.165) is 6.54 Å². The standard InChI is InChI=1S/C18H22ClN3O/c1-23-16-17(19)21-12-22-18(16)20-11-13-6-5-9-15(10-13)14-7-3-2-4-8-14/h2-4,7-8,12-13,15H,5-6,9-11H2,1H3,(H,20,21,22). The molecular formula is C18H22ClN3O. The molecule has 1 fully saturated rings. The van der Waals surface area contributed by atoms with Crippen molar-refractivity contribution >= 4 is 17.4 Å². The molecule has 1 aliphatic rings. The van der Waals surface area contributed by atoms with Crippen LogP contribution in [0.25, 0.3) is 0 Å². The van der Waals surface area contributed by atoms with Gasteiger partial charge >= 0.3 is 0 Å². The van der Waals surface area contributed by atoms with Crippen LogP contribution in [0, 0.1) is 5.92 Å². The van der Waals surface area contributed by atoms with E-state index in [-0.39, 0.29) is 0 Å². The van der Waals surface area contributed by atoms with Gasteiger partial charge in [-0.25, -0.2) is 9.97 Å². The van der Waals surface area contributed by atoms with Gasteiger partial charge in [-0.2, -0.15) is 0 Å². The number of hydrogen-bond donors (Lipinski definition) is 1. The Hall–Kier alpha value is -1.81. The van der Waals surface area contributed by atoms with Gasteiger partial charge in [0.05, 0.1) is 7.11 Å². The first kappa shape index (κ1) is 16.1. The van der Waals surface area contributed by atoms with Gasteiger partial charge < -0.3 is 10.1 Å². The number of methoxy groups -OCH3 is 1. The molecule has 0 bridgehead atoms. The SMILES string of the molecule is COc1c(Cl)ncnc1NCC1CCCC(c2ccccc2)C1. The number of nitrogens with one attached hydrogen (secondary N) is 1. The number of rotatable bonds is 5. The summed E-state index contributed by atoms with van der Waals surface area (Å²) in [6, 6.07) is 10.8. The summed E-state index contributed by atoms with van der Waals surface area (Å²) in [5, 5.41) is 3.73. The second kappa shape index (κ2) is 7.64. The van der Waals surface area contributed by atoms with Gasteiger partial charge in [0.1, 0.15) is 6.33 Å². The summed E-state index contributed by atoms with van der Waals surface area (Å²) < 4.78 is 5.29. The van der Waals surface area contributed by atoms with Gasteiger partial charge in [-0.05, 0) is 36.7 Å². The lowest BCUT2D eigenvalue weighted by molar-refractivity contribution is 0.334. The van der Waals surface area contributed by atoms with Crippen LogP contribution in [0.15, 0.2) is 36.7 Å². The molecule has 0 saturated heterocycles. The lowest BCUT2D eigenvalue weighted by Gasteiger charge is -2.29. The number of nitrogens with zero attached hydrogens (tertiary/aromatic N) is 2. The molecule has 3 rings (SSSR count). The predicted molar refractivity (Wildman–Crippen MR) is 93.2 cm³/mol. The van der Waals surface area contributed by atoms with E-state index in [0.29, 0.717) is 28.6 Å². The van der Waals surface area contributed by atoms with Crippen LogP contribution < -0.4 is 10.1 Å². The van der Waals surface area contributed by atoms with Gasteiger partial charge in [-0.15, -0.1) is 0 Å². The van der Waals surface area contributed by atoms with Gasteiger partial charge in [0, 0.05) is 6.54 Å². The van der Waals surface area contributed by atoms with Crippen molar-refractivity contribution in [3.63, 3.8) is 0 Å². The van der Waals surface area contributed by atoms with E-state index in [9.17, 15) is 0 Å². The van der Waals surface area contributed by atoms with E-state index < -0.39 is 0 Å². The number of ether oxygens (including phenoxy) is 1. The second-order valence-corrected chi connectivity index (χ2v) is 6.43. The Labute approximate surface area is 142 Å². The third kappa shape index (κ3) is 3.94. The monoisotopic (exact) mass is 331 g/mol. The molecule has 0 radical (unpaired) electrons. The molecule has 122 valence electrons. The Morgan fingerprint density at radius 1 is 1.22 bits per heavy atom. The van der Waals surface area contributed by atoms with Crippen LogP contribution in [-0.2, 0) is 0 Å². The lowest BCUT2D eigenvalue weighted by atomic mass is 9.78. The Morgan fingerprint density at radius 2 is 2.04 bits per heavy atom. The molecule has 1 heterocycles. The molecule has 2 atom stereocenters. The summed E-state index contributed by atoms with van der Waals surface area (Å²) in [5.41, 5.74) is 1.46. The van der Waals surface area contributed by atoms with Crippen molar-refractivity contribution in [1.82, 2.24) is 9.97 Å². The fourth-order valence-corrected chi connectivity index (χ4v) is 3.61. The average Bonchev–Trinajstić information content (AvgIpc) is 2.61. The van der Waals surface area contributed by atoms with Crippen molar-refractivity contribution in [3.8, 4) is 5.75 Å². The first-order valence-electron chi connectivity index (χ1n) is 8.11. The molecule has 1 N–H and O–H groups in total. The highest BCUT2D eigenvalue weighted by Crippen LogP contribution is 2.36. The van der Waals surface area contributed by atoms with Crippen LogP contribution in [-0.4, -0.2) is 23.6 Å². The predicted octanol–water partition coefficient (Wildman–Crippen LogP) is 4.52. The zero-order valence-corrected chi connectivity index (χ0v) is 14.1. The molecule has 1 aliphatic carbocycles. The smallest absolute Gasteiger partial charge is 0.198 e. The molecule has 2 unspecified atom stereocenters. The Balaban J connectivity index is 1.61. The fourth-order valence-electron chi connectivity index (χ4n) is 3.40. The number of aromatic nitrogens is 2. The minimum absolute atomic E-state index is 0.343. The van der Waals surface area contributed by atoms with Crippen molar-refractivity contribution in [2.75, 3.05) is 19.0 Å². The minimum Gasteiger partial charge on any atom is -0.490 e. The summed E-state index contributed by atoms with van der Waals surface area (Å²) in [6.45, 7) is 0.882. The molecule has 0 amide bonds. The molecule has 0 aliphatic heterocycles. The summed E-state index contributed by atoms with van der Waals surface area (Å²) in [6.07, 6.45) is 6.47. The summed E-state index contributed by atoms with van der Waals surface area (Å²) in [4.78, 5) is 8.19. The second-order valence-electron chi connectivity index (χ2n) is 6.07. The minimum atomic E-state index is 0.343. The quantitative estimate of drug-likeness (QED) is 0.818. The molecule has 1 aromatic heterocycles. The van der Waals surface area contributed by atoms with E-state index in [1.165, 1.54) is 37.6 Å². The number of halogens is 1. The van der Waals surface area contributed by atoms with Crippen molar-refractivity contribution in [3.05, 3.63) is 47.4 Å². The van der Waals surface area contributed by atoms with Gasteiger partial charge in [0.25, 0.3) is 0 Å². The van der Waals surface area contributed by atoms with Gasteiger partial charge in [-0.1, -0.05) is 48.4 Å². The largest absolute Gasteiger partial charge is 0.490 e. The van der Waals surface area contributed by atoms with E-state index >= 15 is 0 Å². The Bertz CT molecular complexity index is 635. The number of benzene rings is 1.